The summed E-state index contributed by atoms with van der Waals surface area (Å²) in [6, 6.07) is 11.0. The smallest absolute Gasteiger partial charge is 0.414 e. The van der Waals surface area contributed by atoms with Crippen LogP contribution in [0.25, 0.3) is 0 Å². The van der Waals surface area contributed by atoms with Crippen molar-refractivity contribution in [1.82, 2.24) is 9.97 Å². The summed E-state index contributed by atoms with van der Waals surface area (Å²) in [7, 11) is 1.48. The minimum absolute atomic E-state index is 0.106. The van der Waals surface area contributed by atoms with E-state index in [1.807, 2.05) is 30.3 Å². The molecular formula is C13H12BrN3O3. The van der Waals surface area contributed by atoms with E-state index in [1.54, 1.807) is 6.07 Å². The fourth-order valence-corrected chi connectivity index (χ4v) is 1.77. The lowest BCUT2D eigenvalue weighted by molar-refractivity contribution is 0.155. The number of anilines is 1. The van der Waals surface area contributed by atoms with Crippen molar-refractivity contribution in [2.75, 3.05) is 12.4 Å². The van der Waals surface area contributed by atoms with Crippen molar-refractivity contribution >= 4 is 28.0 Å². The zero-order valence-corrected chi connectivity index (χ0v) is 12.3. The Hall–Kier alpha value is -2.15. The zero-order chi connectivity index (χ0) is 14.4. The van der Waals surface area contributed by atoms with Gasteiger partial charge in [0.05, 0.1) is 7.11 Å². The van der Waals surface area contributed by atoms with E-state index < -0.39 is 6.09 Å². The minimum atomic E-state index is -0.631. The van der Waals surface area contributed by atoms with E-state index in [2.05, 4.69) is 31.2 Å². The average molecular weight is 338 g/mol. The second-order valence-electron chi connectivity index (χ2n) is 3.74. The molecular weight excluding hydrogens is 326 g/mol. The lowest BCUT2D eigenvalue weighted by Crippen LogP contribution is -2.15. The number of hydrogen-bond acceptors (Lipinski definition) is 5. The van der Waals surface area contributed by atoms with Crippen LogP contribution in [-0.2, 0) is 11.3 Å². The maximum absolute atomic E-state index is 11.6. The molecule has 6 nitrogen and oxygen atoms in total. The number of ether oxygens (including phenoxy) is 2. The van der Waals surface area contributed by atoms with E-state index >= 15 is 0 Å². The topological polar surface area (TPSA) is 73.3 Å². The molecule has 0 unspecified atom stereocenters. The predicted octanol–water partition coefficient (Wildman–Crippen LogP) is 3.00. The molecule has 104 valence electrons. The van der Waals surface area contributed by atoms with Crippen LogP contribution in [0.15, 0.2) is 41.0 Å². The Morgan fingerprint density at radius 1 is 1.30 bits per heavy atom. The van der Waals surface area contributed by atoms with Crippen LogP contribution in [0.1, 0.15) is 5.56 Å². The Bertz CT molecular complexity index is 593. The van der Waals surface area contributed by atoms with Crippen molar-refractivity contribution in [1.29, 1.82) is 0 Å². The Labute approximate surface area is 124 Å². The van der Waals surface area contributed by atoms with Crippen molar-refractivity contribution in [3.8, 4) is 5.88 Å². The third-order valence-corrected chi connectivity index (χ3v) is 2.71. The second-order valence-corrected chi connectivity index (χ2v) is 4.56. The highest BCUT2D eigenvalue weighted by molar-refractivity contribution is 9.10. The fraction of sp³-hybridized carbons (Fsp3) is 0.154. The van der Waals surface area contributed by atoms with Gasteiger partial charge in [0.1, 0.15) is 11.2 Å². The molecule has 2 rings (SSSR count). The average Bonchev–Trinajstić information content (AvgIpc) is 2.45. The van der Waals surface area contributed by atoms with Gasteiger partial charge in [-0.3, -0.25) is 5.32 Å². The van der Waals surface area contributed by atoms with Gasteiger partial charge in [0, 0.05) is 6.07 Å². The molecule has 0 aliphatic heterocycles. The third-order valence-electron chi connectivity index (χ3n) is 2.31. The summed E-state index contributed by atoms with van der Waals surface area (Å²) in [5.74, 6) is 0.444. The van der Waals surface area contributed by atoms with Crippen molar-refractivity contribution in [3.63, 3.8) is 0 Å². The molecule has 1 amide bonds. The van der Waals surface area contributed by atoms with Crippen LogP contribution < -0.4 is 10.1 Å². The molecule has 0 saturated carbocycles. The number of carbonyl (C=O) groups is 1. The number of benzene rings is 1. The molecule has 0 spiro atoms. The van der Waals surface area contributed by atoms with Gasteiger partial charge >= 0.3 is 6.09 Å². The lowest BCUT2D eigenvalue weighted by atomic mass is 10.2. The van der Waals surface area contributed by atoms with E-state index in [0.717, 1.165) is 5.56 Å². The first-order valence-electron chi connectivity index (χ1n) is 5.73. The van der Waals surface area contributed by atoms with Crippen LogP contribution in [0.2, 0.25) is 0 Å². The number of carbonyl (C=O) groups excluding carboxylic acids is 1. The minimum Gasteiger partial charge on any atom is -0.481 e. The highest BCUT2D eigenvalue weighted by Crippen LogP contribution is 2.16. The van der Waals surface area contributed by atoms with Gasteiger partial charge in [0.2, 0.25) is 11.8 Å². The molecule has 0 radical (unpaired) electrons. The number of nitrogens with zero attached hydrogens (tertiary/aromatic N) is 2. The number of rotatable bonds is 4. The summed E-state index contributed by atoms with van der Waals surface area (Å²) in [6.45, 7) is 0.178. The Morgan fingerprint density at radius 2 is 2.05 bits per heavy atom. The largest absolute Gasteiger partial charge is 0.481 e. The molecule has 0 atom stereocenters. The molecule has 0 fully saturated rings. The van der Waals surface area contributed by atoms with Crippen LogP contribution in [-0.4, -0.2) is 23.2 Å². The Kier molecular flexibility index (Phi) is 4.89. The van der Waals surface area contributed by atoms with E-state index in [-0.39, 0.29) is 12.6 Å². The molecule has 1 aromatic carbocycles. The quantitative estimate of drug-likeness (QED) is 0.868. The number of aromatic nitrogens is 2. The van der Waals surface area contributed by atoms with Gasteiger partial charge in [-0.25, -0.2) is 9.78 Å². The fourth-order valence-electron chi connectivity index (χ4n) is 1.41. The molecule has 1 aromatic heterocycles. The molecule has 0 aliphatic carbocycles. The molecule has 2 aromatic rings. The van der Waals surface area contributed by atoms with Crippen LogP contribution in [0.3, 0.4) is 0 Å². The third kappa shape index (κ3) is 4.20. The molecule has 20 heavy (non-hydrogen) atoms. The first-order chi connectivity index (χ1) is 9.67. The van der Waals surface area contributed by atoms with Crippen LogP contribution in [0.5, 0.6) is 5.88 Å². The van der Waals surface area contributed by atoms with Gasteiger partial charge in [-0.15, -0.1) is 0 Å². The van der Waals surface area contributed by atoms with Gasteiger partial charge in [-0.2, -0.15) is 4.98 Å². The molecule has 0 aliphatic rings. The van der Waals surface area contributed by atoms with Crippen LogP contribution >= 0.6 is 15.9 Å². The first kappa shape index (κ1) is 14.3. The van der Waals surface area contributed by atoms with Crippen molar-refractivity contribution in [3.05, 3.63) is 46.6 Å². The molecule has 0 bridgehead atoms. The number of amides is 1. The molecule has 1 heterocycles. The molecule has 7 heteroatoms. The van der Waals surface area contributed by atoms with Crippen molar-refractivity contribution < 1.29 is 14.3 Å². The zero-order valence-electron chi connectivity index (χ0n) is 10.7. The van der Waals surface area contributed by atoms with Crippen molar-refractivity contribution in [2.24, 2.45) is 0 Å². The highest BCUT2D eigenvalue weighted by atomic mass is 79.9. The van der Waals surface area contributed by atoms with Crippen molar-refractivity contribution in [2.45, 2.75) is 6.61 Å². The SMILES string of the molecule is COc1cc(Br)nc(NC(=O)OCc2ccccc2)n1. The van der Waals surface area contributed by atoms with E-state index in [0.29, 0.717) is 10.5 Å². The van der Waals surface area contributed by atoms with E-state index in [4.69, 9.17) is 9.47 Å². The monoisotopic (exact) mass is 337 g/mol. The highest BCUT2D eigenvalue weighted by Gasteiger charge is 2.08. The Balaban J connectivity index is 1.93. The van der Waals surface area contributed by atoms with Gasteiger partial charge in [-0.05, 0) is 21.5 Å². The van der Waals surface area contributed by atoms with Gasteiger partial charge in [-0.1, -0.05) is 30.3 Å². The number of nitrogens with one attached hydrogen (secondary N) is 1. The van der Waals surface area contributed by atoms with Gasteiger partial charge in [0.15, 0.2) is 0 Å². The standard InChI is InChI=1S/C13H12BrN3O3/c1-19-11-7-10(14)15-12(16-11)17-13(18)20-8-9-5-3-2-4-6-9/h2-7H,8H2,1H3,(H,15,16,17,18). The maximum Gasteiger partial charge on any atom is 0.414 e. The number of halogens is 1. The summed E-state index contributed by atoms with van der Waals surface area (Å²) in [6.07, 6.45) is -0.631. The first-order valence-corrected chi connectivity index (χ1v) is 6.53. The lowest BCUT2D eigenvalue weighted by Gasteiger charge is -2.07. The van der Waals surface area contributed by atoms with Gasteiger partial charge in [0.25, 0.3) is 0 Å². The van der Waals surface area contributed by atoms with Crippen LogP contribution in [0.4, 0.5) is 10.7 Å². The summed E-state index contributed by atoms with van der Waals surface area (Å²) < 4.78 is 10.5. The summed E-state index contributed by atoms with van der Waals surface area (Å²) in [5, 5.41) is 2.43. The summed E-state index contributed by atoms with van der Waals surface area (Å²) in [5.41, 5.74) is 0.899. The maximum atomic E-state index is 11.6. The number of hydrogen-bond donors (Lipinski definition) is 1. The van der Waals surface area contributed by atoms with Gasteiger partial charge < -0.3 is 9.47 Å². The normalized spacial score (nSPS) is 9.90. The number of methoxy groups -OCH3 is 1. The summed E-state index contributed by atoms with van der Waals surface area (Å²) >= 11 is 3.20. The summed E-state index contributed by atoms with van der Waals surface area (Å²) in [4.78, 5) is 19.6. The van der Waals surface area contributed by atoms with Crippen LogP contribution in [0, 0.1) is 0 Å². The second kappa shape index (κ2) is 6.85. The molecule has 0 saturated heterocycles. The Morgan fingerprint density at radius 3 is 2.75 bits per heavy atom. The molecule has 1 N–H and O–H groups in total. The predicted molar refractivity (Wildman–Crippen MR) is 76.5 cm³/mol. The van der Waals surface area contributed by atoms with E-state index in [1.165, 1.54) is 7.11 Å². The van der Waals surface area contributed by atoms with E-state index in [9.17, 15) is 4.79 Å².